The van der Waals surface area contributed by atoms with E-state index in [1.165, 1.54) is 6.21 Å². The third-order valence-corrected chi connectivity index (χ3v) is 4.79. The van der Waals surface area contributed by atoms with Crippen LogP contribution in [-0.2, 0) is 11.3 Å². The Labute approximate surface area is 169 Å². The second-order valence-electron chi connectivity index (χ2n) is 6.62. The first-order valence-corrected chi connectivity index (χ1v) is 9.18. The number of carbonyl (C=O) groups excluding carboxylic acids is 1. The number of ether oxygens (including phenoxy) is 2. The molecular formula is C21H24N4O4. The molecule has 1 aliphatic rings. The molecule has 0 radical (unpaired) electrons. The lowest BCUT2D eigenvalue weighted by Gasteiger charge is -2.16. The van der Waals surface area contributed by atoms with Crippen molar-refractivity contribution in [1.29, 1.82) is 5.41 Å². The second kappa shape index (κ2) is 9.31. The van der Waals surface area contributed by atoms with Gasteiger partial charge in [-0.1, -0.05) is 6.07 Å². The van der Waals surface area contributed by atoms with Crippen molar-refractivity contribution in [2.45, 2.75) is 19.6 Å². The van der Waals surface area contributed by atoms with Gasteiger partial charge in [0, 0.05) is 49.0 Å². The molecule has 152 valence electrons. The fraction of sp³-hybridized carbons (Fsp3) is 0.286. The van der Waals surface area contributed by atoms with E-state index in [4.69, 9.17) is 14.9 Å². The molecule has 2 aromatic rings. The number of cyclic esters (lactones) is 1. The molecule has 1 aromatic heterocycles. The van der Waals surface area contributed by atoms with E-state index < -0.39 is 6.10 Å². The summed E-state index contributed by atoms with van der Waals surface area (Å²) in [6, 6.07) is 7.01. The number of aliphatic hydroxyl groups is 1. The molecule has 0 aliphatic carbocycles. The van der Waals surface area contributed by atoms with Gasteiger partial charge in [-0.25, -0.2) is 9.78 Å². The molecule has 8 nitrogen and oxygen atoms in total. The number of aliphatic hydroxyl groups excluding tert-OH is 1. The summed E-state index contributed by atoms with van der Waals surface area (Å²) >= 11 is 0. The van der Waals surface area contributed by atoms with Gasteiger partial charge in [0.25, 0.3) is 0 Å². The van der Waals surface area contributed by atoms with Crippen molar-refractivity contribution in [2.24, 2.45) is 0 Å². The quantitative estimate of drug-likeness (QED) is 0.380. The lowest BCUT2D eigenvalue weighted by molar-refractivity contribution is 0.0535. The molecule has 4 N–H and O–H groups in total. The summed E-state index contributed by atoms with van der Waals surface area (Å²) in [5.41, 5.74) is 4.54. The molecule has 0 fully saturated rings. The Bertz CT molecular complexity index is 942. The van der Waals surface area contributed by atoms with E-state index in [-0.39, 0.29) is 12.6 Å². The predicted molar refractivity (Wildman–Crippen MR) is 109 cm³/mol. The van der Waals surface area contributed by atoms with Crippen LogP contribution in [0.15, 0.2) is 42.2 Å². The van der Waals surface area contributed by atoms with Gasteiger partial charge >= 0.3 is 5.97 Å². The normalized spacial score (nSPS) is 14.2. The van der Waals surface area contributed by atoms with Crippen LogP contribution in [0.4, 0.5) is 5.69 Å². The number of nitrogens with zero attached hydrogens (tertiary/aromatic N) is 1. The number of fused-ring (bicyclic) bond motifs is 1. The third kappa shape index (κ3) is 4.79. The number of pyridine rings is 1. The van der Waals surface area contributed by atoms with Crippen LogP contribution >= 0.6 is 0 Å². The lowest BCUT2D eigenvalue weighted by atomic mass is 9.95. The largest absolute Gasteiger partial charge is 0.481 e. The van der Waals surface area contributed by atoms with Gasteiger partial charge in [0.15, 0.2) is 0 Å². The topological polar surface area (TPSA) is 117 Å². The van der Waals surface area contributed by atoms with Crippen molar-refractivity contribution in [3.8, 4) is 5.88 Å². The molecule has 1 atom stereocenters. The van der Waals surface area contributed by atoms with Crippen molar-refractivity contribution >= 4 is 17.9 Å². The molecular weight excluding hydrogens is 372 g/mol. The summed E-state index contributed by atoms with van der Waals surface area (Å²) in [6.07, 6.45) is 3.85. The van der Waals surface area contributed by atoms with E-state index in [9.17, 15) is 9.90 Å². The highest BCUT2D eigenvalue weighted by Crippen LogP contribution is 2.28. The molecule has 0 amide bonds. The third-order valence-electron chi connectivity index (χ3n) is 4.79. The Morgan fingerprint density at radius 1 is 1.45 bits per heavy atom. The number of nitrogens with one attached hydrogen (secondary N) is 3. The lowest BCUT2D eigenvalue weighted by Crippen LogP contribution is -2.25. The van der Waals surface area contributed by atoms with E-state index in [1.807, 2.05) is 6.92 Å². The molecule has 0 bridgehead atoms. The number of rotatable bonds is 9. The summed E-state index contributed by atoms with van der Waals surface area (Å²) in [6.45, 7) is 2.85. The standard InChI is InChI=1S/C21H24N4O4/c1-13-16(3-4-17-18(13)12-29-21(17)27)19(26)11-23-9-14(8-22)10-25-15-5-6-24-20(7-15)28-2/h3-8,10,19,22-23,26H,9,11-12H2,1-2H3,(H,24,25)/b14-10+,22-8?/t19-/m0/s1. The fourth-order valence-corrected chi connectivity index (χ4v) is 3.12. The van der Waals surface area contributed by atoms with Crippen molar-refractivity contribution < 1.29 is 19.4 Å². The van der Waals surface area contributed by atoms with Gasteiger partial charge in [-0.15, -0.1) is 0 Å². The number of methoxy groups -OCH3 is 1. The smallest absolute Gasteiger partial charge is 0.338 e. The minimum absolute atomic E-state index is 0.250. The summed E-state index contributed by atoms with van der Waals surface area (Å²) in [4.78, 5) is 15.7. The van der Waals surface area contributed by atoms with Gasteiger partial charge in [-0.05, 0) is 35.8 Å². The molecule has 3 rings (SSSR count). The number of hydrogen-bond donors (Lipinski definition) is 4. The zero-order valence-electron chi connectivity index (χ0n) is 16.4. The molecule has 29 heavy (non-hydrogen) atoms. The highest BCUT2D eigenvalue weighted by Gasteiger charge is 2.25. The summed E-state index contributed by atoms with van der Waals surface area (Å²) in [5, 5.41) is 24.4. The summed E-state index contributed by atoms with van der Waals surface area (Å²) in [5.74, 6) is 0.181. The van der Waals surface area contributed by atoms with Gasteiger partial charge in [-0.3, -0.25) is 0 Å². The minimum atomic E-state index is -0.736. The average molecular weight is 396 g/mol. The summed E-state index contributed by atoms with van der Waals surface area (Å²) < 4.78 is 10.1. The molecule has 8 heteroatoms. The van der Waals surface area contributed by atoms with Crippen LogP contribution in [0.2, 0.25) is 0 Å². The van der Waals surface area contributed by atoms with Crippen LogP contribution in [0, 0.1) is 12.3 Å². The molecule has 1 aromatic carbocycles. The highest BCUT2D eigenvalue weighted by atomic mass is 16.5. The van der Waals surface area contributed by atoms with Gasteiger partial charge < -0.3 is 30.6 Å². The Hall–Kier alpha value is -3.23. The number of aromatic nitrogens is 1. The maximum atomic E-state index is 11.6. The van der Waals surface area contributed by atoms with Crippen molar-refractivity contribution in [3.63, 3.8) is 0 Å². The van der Waals surface area contributed by atoms with Crippen molar-refractivity contribution in [1.82, 2.24) is 10.3 Å². The van der Waals surface area contributed by atoms with Crippen LogP contribution in [0.25, 0.3) is 0 Å². The van der Waals surface area contributed by atoms with Crippen LogP contribution in [0.3, 0.4) is 0 Å². The second-order valence-corrected chi connectivity index (χ2v) is 6.62. The van der Waals surface area contributed by atoms with Gasteiger partial charge in [0.05, 0.1) is 18.8 Å². The Kier molecular flexibility index (Phi) is 6.58. The molecule has 1 aliphatic heterocycles. The molecule has 0 saturated heterocycles. The van der Waals surface area contributed by atoms with E-state index >= 15 is 0 Å². The Morgan fingerprint density at radius 3 is 3.03 bits per heavy atom. The van der Waals surface area contributed by atoms with E-state index in [0.717, 1.165) is 22.4 Å². The Balaban J connectivity index is 1.56. The highest BCUT2D eigenvalue weighted by molar-refractivity contribution is 5.94. The SMILES string of the molecule is COc1cc(N/C=C(\C=N)CNC[C@H](O)c2ccc3c(c2C)COC3=O)ccn1. The monoisotopic (exact) mass is 396 g/mol. The van der Waals surface area contributed by atoms with Crippen LogP contribution in [0.5, 0.6) is 5.88 Å². The van der Waals surface area contributed by atoms with Gasteiger partial charge in [0.1, 0.15) is 6.61 Å². The fourth-order valence-electron chi connectivity index (χ4n) is 3.12. The maximum Gasteiger partial charge on any atom is 0.338 e. The Morgan fingerprint density at radius 2 is 2.28 bits per heavy atom. The number of esters is 1. The van der Waals surface area contributed by atoms with Crippen LogP contribution in [0.1, 0.15) is 33.2 Å². The van der Waals surface area contributed by atoms with E-state index in [0.29, 0.717) is 30.1 Å². The van der Waals surface area contributed by atoms with E-state index in [2.05, 4.69) is 15.6 Å². The predicted octanol–water partition coefficient (Wildman–Crippen LogP) is 2.34. The average Bonchev–Trinajstić information content (AvgIpc) is 3.12. The zero-order valence-corrected chi connectivity index (χ0v) is 16.4. The molecule has 0 saturated carbocycles. The van der Waals surface area contributed by atoms with Crippen molar-refractivity contribution in [2.75, 3.05) is 25.5 Å². The number of benzene rings is 1. The molecule has 2 heterocycles. The molecule has 0 spiro atoms. The zero-order chi connectivity index (χ0) is 20.8. The first-order chi connectivity index (χ1) is 14.0. The van der Waals surface area contributed by atoms with Crippen LogP contribution in [-0.4, -0.2) is 42.5 Å². The number of hydrogen-bond acceptors (Lipinski definition) is 8. The number of carbonyl (C=O) groups is 1. The first kappa shape index (κ1) is 20.5. The van der Waals surface area contributed by atoms with E-state index in [1.54, 1.807) is 43.8 Å². The van der Waals surface area contributed by atoms with Gasteiger partial charge in [0.2, 0.25) is 5.88 Å². The number of anilines is 1. The van der Waals surface area contributed by atoms with Crippen molar-refractivity contribution in [3.05, 3.63) is 64.5 Å². The first-order valence-electron chi connectivity index (χ1n) is 9.18. The minimum Gasteiger partial charge on any atom is -0.481 e. The maximum absolute atomic E-state index is 11.6. The van der Waals surface area contributed by atoms with Gasteiger partial charge in [-0.2, -0.15) is 0 Å². The molecule has 0 unspecified atom stereocenters. The summed E-state index contributed by atoms with van der Waals surface area (Å²) in [7, 11) is 1.55. The van der Waals surface area contributed by atoms with Crippen LogP contribution < -0.4 is 15.4 Å².